The van der Waals surface area contributed by atoms with Crippen molar-refractivity contribution < 1.29 is 28.6 Å². The summed E-state index contributed by atoms with van der Waals surface area (Å²) in [5, 5.41) is 0. The lowest BCUT2D eigenvalue weighted by molar-refractivity contribution is -0.167. The molecule has 0 spiro atoms. The van der Waals surface area contributed by atoms with Gasteiger partial charge in [0.2, 0.25) is 0 Å². The average molecular weight is 1150 g/mol. The van der Waals surface area contributed by atoms with E-state index in [1.54, 1.807) is 0 Å². The standard InChI is InChI=1S/C77H132O6/c1-4-7-10-13-16-19-22-25-28-31-34-36-37-38-39-41-43-46-49-52-55-58-61-64-67-70-76(79)82-73-74(72-81-75(78)69-66-63-60-57-54-51-48-45-42-33-30-27-24-21-18-15-12-9-6-3)83-77(80)71-68-65-62-59-56-53-50-47-44-40-35-32-29-26-23-20-17-14-11-8-5-2/h9,12,18,21-23,25-27,30-32,34-35,42,45,51,54,74H,4-8,10-11,13-17,19-20,24,28-29,33,36-41,43-44,46-50,52-53,55-73H2,1-3H3/b12-9-,21-18-,25-22-,26-23-,30-27-,34-31-,35-32-,45-42-,54-51-. The molecule has 0 aliphatic rings. The predicted octanol–water partition coefficient (Wildman–Crippen LogP) is 24.6. The highest BCUT2D eigenvalue weighted by molar-refractivity contribution is 5.71. The van der Waals surface area contributed by atoms with E-state index >= 15 is 0 Å². The molecule has 0 rings (SSSR count). The fourth-order valence-corrected chi connectivity index (χ4v) is 9.94. The molecule has 83 heavy (non-hydrogen) atoms. The minimum atomic E-state index is -0.799. The number of ether oxygens (including phenoxy) is 3. The first-order valence-electron chi connectivity index (χ1n) is 35.4. The van der Waals surface area contributed by atoms with E-state index in [1.165, 1.54) is 193 Å². The van der Waals surface area contributed by atoms with E-state index in [0.29, 0.717) is 19.3 Å². The van der Waals surface area contributed by atoms with Crippen molar-refractivity contribution >= 4 is 17.9 Å². The number of hydrogen-bond acceptors (Lipinski definition) is 6. The molecule has 0 aromatic heterocycles. The van der Waals surface area contributed by atoms with E-state index in [4.69, 9.17) is 14.2 Å². The normalized spacial score (nSPS) is 12.8. The summed E-state index contributed by atoms with van der Waals surface area (Å²) >= 11 is 0. The van der Waals surface area contributed by atoms with Crippen molar-refractivity contribution in [3.05, 3.63) is 109 Å². The van der Waals surface area contributed by atoms with E-state index < -0.39 is 6.10 Å². The van der Waals surface area contributed by atoms with E-state index in [1.807, 2.05) is 0 Å². The van der Waals surface area contributed by atoms with Crippen LogP contribution in [0.1, 0.15) is 342 Å². The van der Waals surface area contributed by atoms with Gasteiger partial charge in [0.05, 0.1) is 0 Å². The maximum Gasteiger partial charge on any atom is 0.306 e. The molecule has 476 valence electrons. The number of carbonyl (C=O) groups excluding carboxylic acids is 3. The summed E-state index contributed by atoms with van der Waals surface area (Å²) in [6.07, 6.45) is 96.8. The summed E-state index contributed by atoms with van der Waals surface area (Å²) in [6, 6.07) is 0. The quantitative estimate of drug-likeness (QED) is 0.0261. The zero-order valence-corrected chi connectivity index (χ0v) is 54.7. The van der Waals surface area contributed by atoms with Crippen LogP contribution in [0.3, 0.4) is 0 Å². The average Bonchev–Trinajstić information content (AvgIpc) is 3.49. The van der Waals surface area contributed by atoms with E-state index in [9.17, 15) is 14.4 Å². The maximum absolute atomic E-state index is 13.0. The fraction of sp³-hybridized carbons (Fsp3) is 0.727. The monoisotopic (exact) mass is 1150 g/mol. The Kier molecular flexibility index (Phi) is 67.2. The molecule has 6 heteroatoms. The molecule has 0 radical (unpaired) electrons. The van der Waals surface area contributed by atoms with Gasteiger partial charge in [-0.3, -0.25) is 14.4 Å². The number of allylic oxidation sites excluding steroid dienone is 18. The molecule has 0 aliphatic heterocycles. The molecule has 0 saturated heterocycles. The minimum absolute atomic E-state index is 0.0904. The van der Waals surface area contributed by atoms with E-state index in [-0.39, 0.29) is 31.1 Å². The van der Waals surface area contributed by atoms with Gasteiger partial charge in [0.15, 0.2) is 6.10 Å². The topological polar surface area (TPSA) is 78.9 Å². The Bertz CT molecular complexity index is 1660. The van der Waals surface area contributed by atoms with Gasteiger partial charge in [-0.1, -0.05) is 304 Å². The molecule has 0 heterocycles. The van der Waals surface area contributed by atoms with Crippen molar-refractivity contribution in [1.82, 2.24) is 0 Å². The van der Waals surface area contributed by atoms with Crippen LogP contribution in [0.25, 0.3) is 0 Å². The van der Waals surface area contributed by atoms with Gasteiger partial charge >= 0.3 is 17.9 Å². The van der Waals surface area contributed by atoms with Gasteiger partial charge in [-0.25, -0.2) is 0 Å². The van der Waals surface area contributed by atoms with Crippen molar-refractivity contribution in [1.29, 1.82) is 0 Å². The first-order chi connectivity index (χ1) is 41.0. The summed E-state index contributed by atoms with van der Waals surface area (Å²) in [4.78, 5) is 38.5. The molecule has 0 aromatic rings. The summed E-state index contributed by atoms with van der Waals surface area (Å²) in [6.45, 7) is 6.51. The van der Waals surface area contributed by atoms with Crippen LogP contribution in [0.5, 0.6) is 0 Å². The van der Waals surface area contributed by atoms with Crippen LogP contribution in [-0.2, 0) is 28.6 Å². The first kappa shape index (κ1) is 79.1. The summed E-state index contributed by atoms with van der Waals surface area (Å²) in [7, 11) is 0. The Morgan fingerprint density at radius 3 is 0.747 bits per heavy atom. The van der Waals surface area contributed by atoms with Crippen molar-refractivity contribution in [3.63, 3.8) is 0 Å². The smallest absolute Gasteiger partial charge is 0.306 e. The first-order valence-corrected chi connectivity index (χ1v) is 35.4. The third kappa shape index (κ3) is 68.7. The highest BCUT2D eigenvalue weighted by atomic mass is 16.6. The van der Waals surface area contributed by atoms with Crippen LogP contribution in [0, 0.1) is 0 Å². The number of rotatable bonds is 64. The molecule has 0 N–H and O–H groups in total. The molecular weight excluding hydrogens is 1020 g/mol. The number of carbonyl (C=O) groups is 3. The highest BCUT2D eigenvalue weighted by Gasteiger charge is 2.19. The number of hydrogen-bond donors (Lipinski definition) is 0. The van der Waals surface area contributed by atoms with Crippen LogP contribution >= 0.6 is 0 Å². The molecule has 0 aliphatic carbocycles. The van der Waals surface area contributed by atoms with E-state index in [0.717, 1.165) is 109 Å². The third-order valence-corrected chi connectivity index (χ3v) is 15.2. The SMILES string of the molecule is CC/C=C\C/C=C\C/C=C\C/C=C\C/C=C\CCCCCC(=O)OCC(COC(=O)CCCCCCCCCCCCCCC/C=C\C/C=C\CCCCCCC)OC(=O)CCCCCCCCCCC/C=C\C/C=C\CCCCCCC. The summed E-state index contributed by atoms with van der Waals surface area (Å²) in [5.41, 5.74) is 0. The largest absolute Gasteiger partial charge is 0.462 e. The zero-order chi connectivity index (χ0) is 59.9. The van der Waals surface area contributed by atoms with Crippen LogP contribution < -0.4 is 0 Å². The van der Waals surface area contributed by atoms with Crippen LogP contribution in [0.2, 0.25) is 0 Å². The van der Waals surface area contributed by atoms with Gasteiger partial charge in [0, 0.05) is 19.3 Å². The fourth-order valence-electron chi connectivity index (χ4n) is 9.94. The predicted molar refractivity (Wildman–Crippen MR) is 362 cm³/mol. The molecule has 1 unspecified atom stereocenters. The van der Waals surface area contributed by atoms with Gasteiger partial charge < -0.3 is 14.2 Å². The molecule has 0 fully saturated rings. The van der Waals surface area contributed by atoms with Crippen LogP contribution in [0.15, 0.2) is 109 Å². The minimum Gasteiger partial charge on any atom is -0.462 e. The van der Waals surface area contributed by atoms with Crippen LogP contribution in [0.4, 0.5) is 0 Å². The highest BCUT2D eigenvalue weighted by Crippen LogP contribution is 2.17. The van der Waals surface area contributed by atoms with Crippen molar-refractivity contribution in [2.75, 3.05) is 13.2 Å². The molecule has 0 aromatic carbocycles. The van der Waals surface area contributed by atoms with Crippen molar-refractivity contribution in [2.24, 2.45) is 0 Å². The Balaban J connectivity index is 4.41. The summed E-state index contributed by atoms with van der Waals surface area (Å²) in [5.74, 6) is -0.916. The Morgan fingerprint density at radius 1 is 0.253 bits per heavy atom. The second kappa shape index (κ2) is 70.6. The summed E-state index contributed by atoms with van der Waals surface area (Å²) < 4.78 is 17.0. The number of unbranched alkanes of at least 4 members (excludes halogenated alkanes) is 35. The molecule has 0 amide bonds. The van der Waals surface area contributed by atoms with Gasteiger partial charge in [0.1, 0.15) is 13.2 Å². The Labute approximate surface area is 514 Å². The Morgan fingerprint density at radius 2 is 0.470 bits per heavy atom. The van der Waals surface area contributed by atoms with Crippen LogP contribution in [-0.4, -0.2) is 37.2 Å². The number of esters is 3. The van der Waals surface area contributed by atoms with Gasteiger partial charge in [0.25, 0.3) is 0 Å². The molecule has 1 atom stereocenters. The zero-order valence-electron chi connectivity index (χ0n) is 54.7. The molecule has 6 nitrogen and oxygen atoms in total. The molecular formula is C77H132O6. The van der Waals surface area contributed by atoms with Gasteiger partial charge in [-0.05, 0) is 128 Å². The van der Waals surface area contributed by atoms with Gasteiger partial charge in [-0.15, -0.1) is 0 Å². The lowest BCUT2D eigenvalue weighted by Crippen LogP contribution is -2.30. The third-order valence-electron chi connectivity index (χ3n) is 15.2. The maximum atomic E-state index is 13.0. The lowest BCUT2D eigenvalue weighted by Gasteiger charge is -2.18. The Hall–Kier alpha value is -3.93. The van der Waals surface area contributed by atoms with Gasteiger partial charge in [-0.2, -0.15) is 0 Å². The van der Waals surface area contributed by atoms with E-state index in [2.05, 4.69) is 130 Å². The van der Waals surface area contributed by atoms with Crippen molar-refractivity contribution in [3.8, 4) is 0 Å². The lowest BCUT2D eigenvalue weighted by atomic mass is 10.0. The van der Waals surface area contributed by atoms with Crippen molar-refractivity contribution in [2.45, 2.75) is 348 Å². The second-order valence-corrected chi connectivity index (χ2v) is 23.4. The molecule has 0 saturated carbocycles. The molecule has 0 bridgehead atoms. The second-order valence-electron chi connectivity index (χ2n) is 23.4.